The molecule has 0 aromatic heterocycles. The van der Waals surface area contributed by atoms with E-state index in [-0.39, 0.29) is 42.5 Å². The summed E-state index contributed by atoms with van der Waals surface area (Å²) in [4.78, 5) is 48.5. The number of hydrogen-bond donors (Lipinski definition) is 1. The SMILES string of the molecule is CC(=O)c1cc2c(cc1NC(=O)COC(=O)CCC(=O)c1ccc3c(c1)OCCO3)OCO2. The Hall–Kier alpha value is -4.08. The van der Waals surface area contributed by atoms with Crippen LogP contribution in [0, 0.1) is 0 Å². The molecular weight excluding hydrogens is 434 g/mol. The van der Waals surface area contributed by atoms with Crippen LogP contribution in [-0.2, 0) is 14.3 Å². The van der Waals surface area contributed by atoms with Crippen LogP contribution in [0.25, 0.3) is 0 Å². The third-order valence-electron chi connectivity index (χ3n) is 4.95. The van der Waals surface area contributed by atoms with E-state index >= 15 is 0 Å². The molecule has 0 spiro atoms. The average molecular weight is 455 g/mol. The highest BCUT2D eigenvalue weighted by atomic mass is 16.7. The van der Waals surface area contributed by atoms with Crippen molar-refractivity contribution in [1.82, 2.24) is 0 Å². The van der Waals surface area contributed by atoms with E-state index in [2.05, 4.69) is 5.32 Å². The maximum Gasteiger partial charge on any atom is 0.306 e. The van der Waals surface area contributed by atoms with Gasteiger partial charge in [0.25, 0.3) is 5.91 Å². The van der Waals surface area contributed by atoms with Crippen molar-refractivity contribution < 1.29 is 42.9 Å². The summed E-state index contributed by atoms with van der Waals surface area (Å²) >= 11 is 0. The normalized spacial score (nSPS) is 13.2. The molecule has 2 aromatic rings. The Morgan fingerprint density at radius 2 is 1.58 bits per heavy atom. The molecule has 0 aliphatic carbocycles. The molecule has 10 heteroatoms. The number of hydrogen-bond acceptors (Lipinski definition) is 9. The molecule has 4 rings (SSSR count). The lowest BCUT2D eigenvalue weighted by molar-refractivity contribution is -0.147. The van der Waals surface area contributed by atoms with Crippen molar-refractivity contribution in [2.24, 2.45) is 0 Å². The van der Waals surface area contributed by atoms with Gasteiger partial charge in [0.2, 0.25) is 6.79 Å². The minimum Gasteiger partial charge on any atom is -0.486 e. The number of nitrogens with one attached hydrogen (secondary N) is 1. The summed E-state index contributed by atoms with van der Waals surface area (Å²) < 4.78 is 26.3. The van der Waals surface area contributed by atoms with Gasteiger partial charge >= 0.3 is 5.97 Å². The lowest BCUT2D eigenvalue weighted by Gasteiger charge is -2.18. The Labute approximate surface area is 188 Å². The Kier molecular flexibility index (Phi) is 6.43. The second-order valence-corrected chi connectivity index (χ2v) is 7.30. The fraction of sp³-hybridized carbons (Fsp3) is 0.304. The van der Waals surface area contributed by atoms with Crippen LogP contribution in [0.3, 0.4) is 0 Å². The number of carbonyl (C=O) groups excluding carboxylic acids is 4. The molecule has 0 saturated carbocycles. The van der Waals surface area contributed by atoms with E-state index in [9.17, 15) is 19.2 Å². The summed E-state index contributed by atoms with van der Waals surface area (Å²) in [5.41, 5.74) is 0.856. The van der Waals surface area contributed by atoms with Crippen molar-refractivity contribution in [2.45, 2.75) is 19.8 Å². The second-order valence-electron chi connectivity index (χ2n) is 7.30. The van der Waals surface area contributed by atoms with Crippen LogP contribution in [0.5, 0.6) is 23.0 Å². The van der Waals surface area contributed by atoms with E-state index in [1.165, 1.54) is 19.1 Å². The van der Waals surface area contributed by atoms with Gasteiger partial charge in [-0.25, -0.2) is 0 Å². The standard InChI is InChI=1S/C23H21NO9/c1-13(25)15-9-20-21(33-12-32-20)10-16(15)24-22(27)11-31-23(28)5-3-17(26)14-2-4-18-19(8-14)30-7-6-29-18/h2,4,8-10H,3,5-7,11-12H2,1H3,(H,24,27). The minimum absolute atomic E-state index is 0.0205. The number of fused-ring (bicyclic) bond motifs is 2. The fourth-order valence-corrected chi connectivity index (χ4v) is 3.32. The predicted molar refractivity (Wildman–Crippen MR) is 113 cm³/mol. The number of benzene rings is 2. The topological polar surface area (TPSA) is 126 Å². The number of esters is 1. The molecule has 1 N–H and O–H groups in total. The number of amides is 1. The van der Waals surface area contributed by atoms with Crippen LogP contribution in [0.15, 0.2) is 30.3 Å². The molecule has 10 nitrogen and oxygen atoms in total. The van der Waals surface area contributed by atoms with E-state index in [1.54, 1.807) is 18.2 Å². The van der Waals surface area contributed by atoms with E-state index in [0.717, 1.165) is 0 Å². The third kappa shape index (κ3) is 5.22. The zero-order valence-electron chi connectivity index (χ0n) is 17.8. The van der Waals surface area contributed by atoms with Crippen LogP contribution in [-0.4, -0.2) is 50.1 Å². The van der Waals surface area contributed by atoms with Crippen molar-refractivity contribution in [3.63, 3.8) is 0 Å². The van der Waals surface area contributed by atoms with Crippen LogP contribution >= 0.6 is 0 Å². The largest absolute Gasteiger partial charge is 0.486 e. The molecule has 172 valence electrons. The van der Waals surface area contributed by atoms with Crippen LogP contribution < -0.4 is 24.3 Å². The van der Waals surface area contributed by atoms with Gasteiger partial charge in [-0.2, -0.15) is 0 Å². The number of anilines is 1. The van der Waals surface area contributed by atoms with Crippen molar-refractivity contribution in [2.75, 3.05) is 31.9 Å². The predicted octanol–water partition coefficient (Wildman–Crippen LogP) is 2.53. The molecule has 0 radical (unpaired) electrons. The summed E-state index contributed by atoms with van der Waals surface area (Å²) in [5, 5.41) is 2.53. The maximum absolute atomic E-state index is 12.4. The fourth-order valence-electron chi connectivity index (χ4n) is 3.32. The van der Waals surface area contributed by atoms with Crippen molar-refractivity contribution in [3.8, 4) is 23.0 Å². The highest BCUT2D eigenvalue weighted by Crippen LogP contribution is 2.37. The number of Topliss-reactive ketones (excluding diaryl/α,β-unsaturated/α-hetero) is 2. The summed E-state index contributed by atoms with van der Waals surface area (Å²) in [6.07, 6.45) is -0.278. The number of carbonyl (C=O) groups is 4. The van der Waals surface area contributed by atoms with Crippen molar-refractivity contribution in [1.29, 1.82) is 0 Å². The molecule has 0 saturated heterocycles. The van der Waals surface area contributed by atoms with Gasteiger partial charge in [-0.05, 0) is 31.2 Å². The Morgan fingerprint density at radius 1 is 0.879 bits per heavy atom. The first kappa shape index (κ1) is 22.1. The summed E-state index contributed by atoms with van der Waals surface area (Å²) in [6, 6.07) is 7.79. The molecule has 2 aliphatic rings. The van der Waals surface area contributed by atoms with E-state index < -0.39 is 18.5 Å². The zero-order valence-corrected chi connectivity index (χ0v) is 17.8. The maximum atomic E-state index is 12.4. The molecule has 1 amide bonds. The first-order valence-electron chi connectivity index (χ1n) is 10.2. The van der Waals surface area contributed by atoms with Crippen molar-refractivity contribution >= 4 is 29.1 Å². The van der Waals surface area contributed by atoms with Crippen molar-refractivity contribution in [3.05, 3.63) is 41.5 Å². The summed E-state index contributed by atoms with van der Waals surface area (Å²) in [7, 11) is 0. The smallest absolute Gasteiger partial charge is 0.306 e. The highest BCUT2D eigenvalue weighted by Gasteiger charge is 2.21. The van der Waals surface area contributed by atoms with Gasteiger partial charge in [-0.1, -0.05) is 0 Å². The molecule has 0 fully saturated rings. The van der Waals surface area contributed by atoms with Gasteiger partial charge in [-0.15, -0.1) is 0 Å². The highest BCUT2D eigenvalue weighted by molar-refractivity contribution is 6.05. The molecule has 2 heterocycles. The first-order valence-corrected chi connectivity index (χ1v) is 10.2. The second kappa shape index (κ2) is 9.60. The average Bonchev–Trinajstić information content (AvgIpc) is 3.27. The van der Waals surface area contributed by atoms with Crippen LogP contribution in [0.4, 0.5) is 5.69 Å². The third-order valence-corrected chi connectivity index (χ3v) is 4.95. The summed E-state index contributed by atoms with van der Waals surface area (Å²) in [6.45, 7) is 1.66. The molecule has 0 atom stereocenters. The Balaban J connectivity index is 1.27. The quantitative estimate of drug-likeness (QED) is 0.472. The molecule has 2 aromatic carbocycles. The molecule has 0 bridgehead atoms. The minimum atomic E-state index is -0.700. The van der Waals surface area contributed by atoms with Gasteiger partial charge in [-0.3, -0.25) is 19.2 Å². The Morgan fingerprint density at radius 3 is 2.33 bits per heavy atom. The zero-order chi connectivity index (χ0) is 23.4. The number of rotatable bonds is 8. The van der Waals surface area contributed by atoms with E-state index in [4.69, 9.17) is 23.7 Å². The molecule has 33 heavy (non-hydrogen) atoms. The van der Waals surface area contributed by atoms with Crippen LogP contribution in [0.1, 0.15) is 40.5 Å². The van der Waals surface area contributed by atoms with Gasteiger partial charge in [0.1, 0.15) is 13.2 Å². The molecular formula is C23H21NO9. The van der Waals surface area contributed by atoms with Gasteiger partial charge in [0.05, 0.1) is 12.1 Å². The molecule has 0 unspecified atom stereocenters. The number of ketones is 2. The van der Waals surface area contributed by atoms with Gasteiger partial charge in [0, 0.05) is 23.6 Å². The van der Waals surface area contributed by atoms with E-state index in [0.29, 0.717) is 41.8 Å². The molecule has 2 aliphatic heterocycles. The lowest BCUT2D eigenvalue weighted by Crippen LogP contribution is -2.22. The van der Waals surface area contributed by atoms with Crippen LogP contribution in [0.2, 0.25) is 0 Å². The van der Waals surface area contributed by atoms with Gasteiger partial charge in [0.15, 0.2) is 41.2 Å². The van der Waals surface area contributed by atoms with E-state index in [1.807, 2.05) is 0 Å². The number of ether oxygens (including phenoxy) is 5. The lowest BCUT2D eigenvalue weighted by atomic mass is 10.1. The summed E-state index contributed by atoms with van der Waals surface area (Å²) in [5.74, 6) is -0.0230. The van der Waals surface area contributed by atoms with Gasteiger partial charge < -0.3 is 29.0 Å². The monoisotopic (exact) mass is 455 g/mol. The first-order chi connectivity index (χ1) is 15.9. The Bertz CT molecular complexity index is 1130.